The average Bonchev–Trinajstić information content (AvgIpc) is 3.25. The van der Waals surface area contributed by atoms with Crippen LogP contribution >= 0.6 is 11.8 Å². The maximum absolute atomic E-state index is 13.1. The average molecular weight is 419 g/mol. The van der Waals surface area contributed by atoms with E-state index in [2.05, 4.69) is 5.32 Å². The van der Waals surface area contributed by atoms with Crippen LogP contribution in [0.15, 0.2) is 24.3 Å². The molecule has 0 bridgehead atoms. The number of halogens is 1. The Labute approximate surface area is 172 Å². The lowest BCUT2D eigenvalue weighted by atomic mass is 9.88. The molecule has 0 spiro atoms. The number of thioether (sulfide) groups is 1. The van der Waals surface area contributed by atoms with Crippen molar-refractivity contribution in [3.63, 3.8) is 0 Å². The van der Waals surface area contributed by atoms with Crippen molar-refractivity contribution in [2.45, 2.75) is 44.2 Å². The lowest BCUT2D eigenvalue weighted by Gasteiger charge is -2.37. The van der Waals surface area contributed by atoms with Crippen molar-refractivity contribution in [1.29, 1.82) is 0 Å². The van der Waals surface area contributed by atoms with Gasteiger partial charge in [0.25, 0.3) is 5.24 Å². The second-order valence-corrected chi connectivity index (χ2v) is 8.59. The van der Waals surface area contributed by atoms with Crippen LogP contribution in [0.25, 0.3) is 0 Å². The third-order valence-electron chi connectivity index (χ3n) is 5.81. The Kier molecular flexibility index (Phi) is 5.58. The number of hydrogen-bond donors (Lipinski definition) is 1. The van der Waals surface area contributed by atoms with Gasteiger partial charge in [-0.15, -0.1) is 0 Å². The number of nitrogens with zero attached hydrogens (tertiary/aromatic N) is 2. The van der Waals surface area contributed by atoms with E-state index in [4.69, 9.17) is 0 Å². The minimum Gasteiger partial charge on any atom is -0.351 e. The van der Waals surface area contributed by atoms with E-state index >= 15 is 0 Å². The van der Waals surface area contributed by atoms with Crippen LogP contribution < -0.4 is 10.2 Å². The van der Waals surface area contributed by atoms with Gasteiger partial charge < -0.3 is 10.2 Å². The molecule has 0 radical (unpaired) electrons. The molecule has 29 heavy (non-hydrogen) atoms. The Morgan fingerprint density at radius 3 is 2.48 bits per heavy atom. The summed E-state index contributed by atoms with van der Waals surface area (Å²) in [6, 6.07) is 4.99. The van der Waals surface area contributed by atoms with Gasteiger partial charge in [0.15, 0.2) is 0 Å². The van der Waals surface area contributed by atoms with Crippen molar-refractivity contribution in [3.05, 3.63) is 30.1 Å². The Hall–Kier alpha value is -2.42. The molecular formula is C20H22FN3O4S. The summed E-state index contributed by atoms with van der Waals surface area (Å²) in [7, 11) is 0. The number of benzene rings is 1. The van der Waals surface area contributed by atoms with Gasteiger partial charge in [-0.1, -0.05) is 24.6 Å². The smallest absolute Gasteiger partial charge is 0.289 e. The number of imide groups is 1. The number of anilines is 1. The number of carbonyl (C=O) groups excluding carboxylic acids is 4. The zero-order chi connectivity index (χ0) is 20.5. The molecule has 3 aliphatic rings. The summed E-state index contributed by atoms with van der Waals surface area (Å²) < 4.78 is 13.1. The van der Waals surface area contributed by atoms with Crippen LogP contribution in [0, 0.1) is 11.7 Å². The first-order valence-corrected chi connectivity index (χ1v) is 10.8. The molecular weight excluding hydrogens is 397 g/mol. The molecule has 1 aromatic rings. The molecule has 1 aliphatic carbocycles. The number of nitrogens with one attached hydrogen (secondary N) is 1. The maximum atomic E-state index is 13.1. The lowest BCUT2D eigenvalue weighted by Crippen LogP contribution is -2.55. The predicted octanol–water partition coefficient (Wildman–Crippen LogP) is 2.30. The molecule has 4 rings (SSSR count). The second kappa shape index (κ2) is 8.14. The topological polar surface area (TPSA) is 86.8 Å². The molecule has 2 heterocycles. The minimum atomic E-state index is -0.519. The van der Waals surface area contributed by atoms with Gasteiger partial charge in [-0.05, 0) is 37.1 Å². The lowest BCUT2D eigenvalue weighted by molar-refractivity contribution is -0.130. The SMILES string of the molecule is O=C(NC1CCCCC1N1C(=O)CSC1=O)C1CC(=O)N(c2ccc(F)cc2)C1. The summed E-state index contributed by atoms with van der Waals surface area (Å²) in [5.41, 5.74) is 0.563. The summed E-state index contributed by atoms with van der Waals surface area (Å²) >= 11 is 0.999. The fourth-order valence-corrected chi connectivity index (χ4v) is 5.09. The van der Waals surface area contributed by atoms with Crippen LogP contribution in [-0.4, -0.2) is 52.2 Å². The van der Waals surface area contributed by atoms with E-state index < -0.39 is 5.92 Å². The van der Waals surface area contributed by atoms with Crippen LogP contribution in [-0.2, 0) is 14.4 Å². The van der Waals surface area contributed by atoms with Gasteiger partial charge in [-0.3, -0.25) is 24.1 Å². The zero-order valence-corrected chi connectivity index (χ0v) is 16.6. The molecule has 7 nitrogen and oxygen atoms in total. The van der Waals surface area contributed by atoms with Crippen LogP contribution in [0.4, 0.5) is 14.9 Å². The van der Waals surface area contributed by atoms with Crippen molar-refractivity contribution in [1.82, 2.24) is 10.2 Å². The van der Waals surface area contributed by atoms with Gasteiger partial charge in [0.1, 0.15) is 5.82 Å². The molecule has 2 aliphatic heterocycles. The van der Waals surface area contributed by atoms with Crippen molar-refractivity contribution in [3.8, 4) is 0 Å². The summed E-state index contributed by atoms with van der Waals surface area (Å²) in [6.07, 6.45) is 3.27. The first-order valence-electron chi connectivity index (χ1n) is 9.79. The van der Waals surface area contributed by atoms with E-state index in [1.807, 2.05) is 0 Å². The highest BCUT2D eigenvalue weighted by molar-refractivity contribution is 8.14. The largest absolute Gasteiger partial charge is 0.351 e. The molecule has 4 amide bonds. The number of carbonyl (C=O) groups is 4. The molecule has 154 valence electrons. The quantitative estimate of drug-likeness (QED) is 0.809. The Bertz CT molecular complexity index is 831. The summed E-state index contributed by atoms with van der Waals surface area (Å²) in [4.78, 5) is 52.3. The van der Waals surface area contributed by atoms with E-state index in [-0.39, 0.29) is 59.6 Å². The van der Waals surface area contributed by atoms with E-state index in [1.54, 1.807) is 0 Å². The van der Waals surface area contributed by atoms with Crippen molar-refractivity contribution in [2.24, 2.45) is 5.92 Å². The molecule has 2 saturated heterocycles. The monoisotopic (exact) mass is 419 g/mol. The van der Waals surface area contributed by atoms with Crippen molar-refractivity contribution < 1.29 is 23.6 Å². The number of rotatable bonds is 4. The minimum absolute atomic E-state index is 0.0814. The molecule has 1 saturated carbocycles. The summed E-state index contributed by atoms with van der Waals surface area (Å²) in [5, 5.41) is 2.75. The van der Waals surface area contributed by atoms with E-state index in [0.717, 1.165) is 24.6 Å². The Morgan fingerprint density at radius 1 is 1.07 bits per heavy atom. The highest BCUT2D eigenvalue weighted by atomic mass is 32.2. The molecule has 9 heteroatoms. The fraction of sp³-hybridized carbons (Fsp3) is 0.500. The first-order chi connectivity index (χ1) is 13.9. The van der Waals surface area contributed by atoms with Crippen LogP contribution in [0.3, 0.4) is 0 Å². The molecule has 3 fully saturated rings. The third kappa shape index (κ3) is 4.01. The van der Waals surface area contributed by atoms with Crippen molar-refractivity contribution in [2.75, 3.05) is 17.2 Å². The van der Waals surface area contributed by atoms with Crippen LogP contribution in [0.2, 0.25) is 0 Å². The standard InChI is InChI=1S/C20H22FN3O4S/c21-13-5-7-14(8-6-13)23-10-12(9-17(23)25)19(27)22-15-3-1-2-4-16(15)24-18(26)11-29-20(24)28/h5-8,12,15-16H,1-4,9-11H2,(H,22,27). The van der Waals surface area contributed by atoms with E-state index in [0.29, 0.717) is 18.5 Å². The van der Waals surface area contributed by atoms with E-state index in [1.165, 1.54) is 34.1 Å². The molecule has 3 unspecified atom stereocenters. The summed E-state index contributed by atoms with van der Waals surface area (Å²) in [6.45, 7) is 0.227. The maximum Gasteiger partial charge on any atom is 0.289 e. The van der Waals surface area contributed by atoms with E-state index in [9.17, 15) is 23.6 Å². The van der Waals surface area contributed by atoms with Gasteiger partial charge in [-0.2, -0.15) is 0 Å². The van der Waals surface area contributed by atoms with Gasteiger partial charge in [0, 0.05) is 24.7 Å². The van der Waals surface area contributed by atoms with Crippen LogP contribution in [0.5, 0.6) is 0 Å². The Balaban J connectivity index is 1.43. The molecule has 1 N–H and O–H groups in total. The summed E-state index contributed by atoms with van der Waals surface area (Å²) in [5.74, 6) is -1.38. The van der Waals surface area contributed by atoms with Gasteiger partial charge in [-0.25, -0.2) is 4.39 Å². The first kappa shape index (κ1) is 19.9. The molecule has 0 aromatic heterocycles. The second-order valence-electron chi connectivity index (χ2n) is 7.67. The van der Waals surface area contributed by atoms with Gasteiger partial charge >= 0.3 is 0 Å². The third-order valence-corrected chi connectivity index (χ3v) is 6.64. The predicted molar refractivity (Wildman–Crippen MR) is 106 cm³/mol. The van der Waals surface area contributed by atoms with Gasteiger partial charge in [0.05, 0.1) is 17.7 Å². The molecule has 1 aromatic carbocycles. The fourth-order valence-electron chi connectivity index (χ4n) is 4.33. The number of amides is 4. The normalized spacial score (nSPS) is 27.6. The zero-order valence-electron chi connectivity index (χ0n) is 15.8. The van der Waals surface area contributed by atoms with Gasteiger partial charge in [0.2, 0.25) is 17.7 Å². The highest BCUT2D eigenvalue weighted by Crippen LogP contribution is 2.31. The van der Waals surface area contributed by atoms with Crippen molar-refractivity contribution >= 4 is 40.4 Å². The highest BCUT2D eigenvalue weighted by Gasteiger charge is 2.42. The number of hydrogen-bond acceptors (Lipinski definition) is 5. The Morgan fingerprint density at radius 2 is 1.79 bits per heavy atom. The van der Waals surface area contributed by atoms with Crippen LogP contribution in [0.1, 0.15) is 32.1 Å². The molecule has 3 atom stereocenters.